The standard InChI is InChI=1S/C23H38BNO5S/c1-10-25(20(26)17(2)3)15-21(4,5)16-31(27,28)19-13-11-18(12-14-19)24-29-22(6,7)23(8,9)30-24/h11-14,17H,10,15-16H2,1-9H3. The lowest BCUT2D eigenvalue weighted by Crippen LogP contribution is -2.43. The van der Waals surface area contributed by atoms with Crippen LogP contribution in [0.4, 0.5) is 0 Å². The van der Waals surface area contributed by atoms with Crippen molar-refractivity contribution in [3.8, 4) is 0 Å². The van der Waals surface area contributed by atoms with Gasteiger partial charge >= 0.3 is 7.12 Å². The Balaban J connectivity index is 2.14. The molecule has 0 saturated carbocycles. The molecule has 31 heavy (non-hydrogen) atoms. The summed E-state index contributed by atoms with van der Waals surface area (Å²) in [5.74, 6) is -0.118. The second kappa shape index (κ2) is 8.87. The van der Waals surface area contributed by atoms with E-state index in [4.69, 9.17) is 9.31 Å². The van der Waals surface area contributed by atoms with Crippen molar-refractivity contribution in [2.75, 3.05) is 18.8 Å². The van der Waals surface area contributed by atoms with Gasteiger partial charge in [-0.15, -0.1) is 0 Å². The van der Waals surface area contributed by atoms with Crippen molar-refractivity contribution in [1.82, 2.24) is 4.90 Å². The Labute approximate surface area is 188 Å². The summed E-state index contributed by atoms with van der Waals surface area (Å²) < 4.78 is 38.3. The first kappa shape index (κ1) is 25.9. The second-order valence-corrected chi connectivity index (χ2v) is 12.6. The lowest BCUT2D eigenvalue weighted by Gasteiger charge is -2.33. The minimum Gasteiger partial charge on any atom is -0.399 e. The van der Waals surface area contributed by atoms with E-state index >= 15 is 0 Å². The van der Waals surface area contributed by atoms with Crippen LogP contribution in [0.25, 0.3) is 0 Å². The fraction of sp³-hybridized carbons (Fsp3) is 0.696. The Morgan fingerprint density at radius 1 is 1.06 bits per heavy atom. The van der Waals surface area contributed by atoms with Gasteiger partial charge in [-0.1, -0.05) is 39.8 Å². The molecule has 0 aromatic heterocycles. The Bertz CT molecular complexity index is 875. The predicted molar refractivity (Wildman–Crippen MR) is 125 cm³/mol. The molecule has 1 aromatic carbocycles. The Morgan fingerprint density at radius 2 is 1.55 bits per heavy atom. The van der Waals surface area contributed by atoms with Crippen molar-refractivity contribution in [3.63, 3.8) is 0 Å². The molecule has 1 heterocycles. The summed E-state index contributed by atoms with van der Waals surface area (Å²) in [6.45, 7) is 18.3. The van der Waals surface area contributed by atoms with Crippen LogP contribution < -0.4 is 5.46 Å². The summed E-state index contributed by atoms with van der Waals surface area (Å²) >= 11 is 0. The highest BCUT2D eigenvalue weighted by Gasteiger charge is 2.51. The molecule has 0 aliphatic carbocycles. The molecule has 2 rings (SSSR count). The summed E-state index contributed by atoms with van der Waals surface area (Å²) in [6.07, 6.45) is 0. The third-order valence-electron chi connectivity index (χ3n) is 6.15. The first-order chi connectivity index (χ1) is 14.0. The first-order valence-electron chi connectivity index (χ1n) is 11.0. The quantitative estimate of drug-likeness (QED) is 0.568. The number of amides is 1. The number of benzene rings is 1. The molecule has 1 saturated heterocycles. The number of carbonyl (C=O) groups is 1. The third-order valence-corrected chi connectivity index (χ3v) is 8.30. The monoisotopic (exact) mass is 451 g/mol. The largest absolute Gasteiger partial charge is 0.494 e. The molecular formula is C23H38BNO5S. The summed E-state index contributed by atoms with van der Waals surface area (Å²) in [7, 11) is -4.05. The van der Waals surface area contributed by atoms with E-state index in [9.17, 15) is 13.2 Å². The van der Waals surface area contributed by atoms with Crippen LogP contribution in [0.3, 0.4) is 0 Å². The van der Waals surface area contributed by atoms with Crippen LogP contribution in [0, 0.1) is 11.3 Å². The molecule has 1 amide bonds. The minimum atomic E-state index is -3.52. The maximum atomic E-state index is 13.1. The van der Waals surface area contributed by atoms with Crippen LogP contribution in [-0.4, -0.2) is 56.4 Å². The average molecular weight is 451 g/mol. The van der Waals surface area contributed by atoms with E-state index in [0.29, 0.717) is 13.1 Å². The smallest absolute Gasteiger partial charge is 0.399 e. The SMILES string of the molecule is CCN(CC(C)(C)CS(=O)(=O)c1ccc(B2OC(C)(C)C(C)(C)O2)cc1)C(=O)C(C)C. The molecule has 174 valence electrons. The van der Waals surface area contributed by atoms with E-state index in [1.165, 1.54) is 0 Å². The molecule has 0 N–H and O–H groups in total. The highest BCUT2D eigenvalue weighted by molar-refractivity contribution is 7.91. The lowest BCUT2D eigenvalue weighted by molar-refractivity contribution is -0.135. The molecule has 0 unspecified atom stereocenters. The molecule has 1 aliphatic rings. The van der Waals surface area contributed by atoms with Crippen LogP contribution in [0.15, 0.2) is 29.2 Å². The van der Waals surface area contributed by atoms with Gasteiger partial charge in [-0.2, -0.15) is 0 Å². The molecule has 1 aliphatic heterocycles. The third kappa shape index (κ3) is 5.90. The molecule has 0 bridgehead atoms. The molecule has 8 heteroatoms. The van der Waals surface area contributed by atoms with Crippen LogP contribution in [-0.2, 0) is 23.9 Å². The van der Waals surface area contributed by atoms with Gasteiger partial charge in [0.15, 0.2) is 9.84 Å². The van der Waals surface area contributed by atoms with Crippen LogP contribution in [0.2, 0.25) is 0 Å². The fourth-order valence-electron chi connectivity index (χ4n) is 3.68. The highest BCUT2D eigenvalue weighted by atomic mass is 32.2. The lowest BCUT2D eigenvalue weighted by atomic mass is 9.79. The van der Waals surface area contributed by atoms with Gasteiger partial charge < -0.3 is 14.2 Å². The van der Waals surface area contributed by atoms with Crippen molar-refractivity contribution < 1.29 is 22.5 Å². The van der Waals surface area contributed by atoms with Gasteiger partial charge in [0.05, 0.1) is 21.9 Å². The minimum absolute atomic E-state index is 0.0414. The normalized spacial score (nSPS) is 18.5. The number of sulfone groups is 1. The zero-order chi connectivity index (χ0) is 23.8. The van der Waals surface area contributed by atoms with E-state index in [2.05, 4.69) is 0 Å². The molecule has 1 fully saturated rings. The van der Waals surface area contributed by atoms with E-state index in [-0.39, 0.29) is 22.5 Å². The zero-order valence-corrected chi connectivity index (χ0v) is 21.3. The van der Waals surface area contributed by atoms with E-state index in [1.807, 2.05) is 62.3 Å². The van der Waals surface area contributed by atoms with Crippen molar-refractivity contribution >= 4 is 28.3 Å². The molecular weight excluding hydrogens is 413 g/mol. The number of carbonyl (C=O) groups excluding carboxylic acids is 1. The Hall–Kier alpha value is -1.38. The Kier molecular flexibility index (Phi) is 7.41. The van der Waals surface area contributed by atoms with Gasteiger partial charge in [-0.3, -0.25) is 4.79 Å². The van der Waals surface area contributed by atoms with Gasteiger partial charge in [-0.05, 0) is 57.6 Å². The van der Waals surface area contributed by atoms with Crippen molar-refractivity contribution in [3.05, 3.63) is 24.3 Å². The number of hydrogen-bond donors (Lipinski definition) is 0. The topological polar surface area (TPSA) is 72.9 Å². The molecule has 0 spiro atoms. The summed E-state index contributed by atoms with van der Waals surface area (Å²) in [5.41, 5.74) is -0.698. The van der Waals surface area contributed by atoms with Gasteiger partial charge in [0.1, 0.15) is 0 Å². The molecule has 0 atom stereocenters. The van der Waals surface area contributed by atoms with Gasteiger partial charge in [0.25, 0.3) is 0 Å². The van der Waals surface area contributed by atoms with E-state index in [1.54, 1.807) is 29.2 Å². The molecule has 0 radical (unpaired) electrons. The summed E-state index contributed by atoms with van der Waals surface area (Å²) in [5, 5.41) is 0. The van der Waals surface area contributed by atoms with Crippen molar-refractivity contribution in [2.24, 2.45) is 11.3 Å². The number of hydrogen-bond acceptors (Lipinski definition) is 5. The summed E-state index contributed by atoms with van der Waals surface area (Å²) in [4.78, 5) is 14.4. The maximum Gasteiger partial charge on any atom is 0.494 e. The molecule has 6 nitrogen and oxygen atoms in total. The highest BCUT2D eigenvalue weighted by Crippen LogP contribution is 2.36. The molecule has 1 aromatic rings. The van der Waals surface area contributed by atoms with E-state index in [0.717, 1.165) is 5.46 Å². The first-order valence-corrected chi connectivity index (χ1v) is 12.6. The van der Waals surface area contributed by atoms with Gasteiger partial charge in [0, 0.05) is 19.0 Å². The van der Waals surface area contributed by atoms with Crippen LogP contribution >= 0.6 is 0 Å². The maximum absolute atomic E-state index is 13.1. The fourth-order valence-corrected chi connectivity index (χ4v) is 5.52. The number of nitrogens with zero attached hydrogens (tertiary/aromatic N) is 1. The van der Waals surface area contributed by atoms with E-state index < -0.39 is 33.6 Å². The van der Waals surface area contributed by atoms with Gasteiger partial charge in [-0.25, -0.2) is 8.42 Å². The van der Waals surface area contributed by atoms with Crippen molar-refractivity contribution in [1.29, 1.82) is 0 Å². The van der Waals surface area contributed by atoms with Crippen LogP contribution in [0.1, 0.15) is 62.3 Å². The average Bonchev–Trinajstić information content (AvgIpc) is 2.85. The second-order valence-electron chi connectivity index (χ2n) is 10.6. The number of rotatable bonds is 8. The Morgan fingerprint density at radius 3 is 1.97 bits per heavy atom. The zero-order valence-electron chi connectivity index (χ0n) is 20.5. The summed E-state index contributed by atoms with van der Waals surface area (Å²) in [6, 6.07) is 6.73. The van der Waals surface area contributed by atoms with Crippen LogP contribution in [0.5, 0.6) is 0 Å². The van der Waals surface area contributed by atoms with Crippen molar-refractivity contribution in [2.45, 2.75) is 78.4 Å². The van der Waals surface area contributed by atoms with Gasteiger partial charge in [0.2, 0.25) is 5.91 Å². The predicted octanol–water partition coefficient (Wildman–Crippen LogP) is 3.29.